The first-order valence-corrected chi connectivity index (χ1v) is 5.23. The SMILES string of the molecule is Oc1cc(O)c2c(ccc3cccc(O)c32)c1. The second-order valence-corrected chi connectivity index (χ2v) is 4.00. The lowest BCUT2D eigenvalue weighted by Crippen LogP contribution is -1.80. The van der Waals surface area contributed by atoms with E-state index >= 15 is 0 Å². The number of aromatic hydroxyl groups is 3. The molecule has 0 aliphatic heterocycles. The molecule has 3 aromatic carbocycles. The molecule has 3 heteroatoms. The van der Waals surface area contributed by atoms with E-state index in [0.717, 1.165) is 5.39 Å². The van der Waals surface area contributed by atoms with Crippen LogP contribution >= 0.6 is 0 Å². The molecule has 0 aliphatic rings. The summed E-state index contributed by atoms with van der Waals surface area (Å²) in [5.74, 6) is 0.0889. The summed E-state index contributed by atoms with van der Waals surface area (Å²) in [7, 11) is 0. The molecule has 0 fully saturated rings. The summed E-state index contributed by atoms with van der Waals surface area (Å²) in [6.07, 6.45) is 0. The molecule has 3 rings (SSSR count). The molecule has 3 nitrogen and oxygen atoms in total. The fourth-order valence-corrected chi connectivity index (χ4v) is 2.19. The van der Waals surface area contributed by atoms with Crippen LogP contribution in [0.25, 0.3) is 21.5 Å². The number of phenols is 3. The number of fused-ring (bicyclic) bond motifs is 3. The standard InChI is InChI=1S/C14H10O3/c15-10-6-9-5-4-8-2-1-3-11(16)13(8)14(9)12(17)7-10/h1-7,15-17H. The highest BCUT2D eigenvalue weighted by Crippen LogP contribution is 2.38. The molecule has 0 saturated heterocycles. The molecule has 0 bridgehead atoms. The van der Waals surface area contributed by atoms with Crippen LogP contribution < -0.4 is 0 Å². The Kier molecular flexibility index (Phi) is 1.89. The summed E-state index contributed by atoms with van der Waals surface area (Å²) < 4.78 is 0. The van der Waals surface area contributed by atoms with Gasteiger partial charge in [0, 0.05) is 16.8 Å². The zero-order valence-corrected chi connectivity index (χ0v) is 8.88. The van der Waals surface area contributed by atoms with E-state index in [2.05, 4.69) is 0 Å². The number of rotatable bonds is 0. The van der Waals surface area contributed by atoms with Gasteiger partial charge in [-0.25, -0.2) is 0 Å². The Morgan fingerprint density at radius 2 is 1.35 bits per heavy atom. The maximum atomic E-state index is 9.90. The van der Waals surface area contributed by atoms with Gasteiger partial charge in [0.1, 0.15) is 17.2 Å². The molecule has 0 unspecified atom stereocenters. The Labute approximate surface area is 97.2 Å². The Morgan fingerprint density at radius 3 is 2.18 bits per heavy atom. The van der Waals surface area contributed by atoms with Crippen molar-refractivity contribution in [2.45, 2.75) is 0 Å². The van der Waals surface area contributed by atoms with Crippen molar-refractivity contribution in [2.75, 3.05) is 0 Å². The van der Waals surface area contributed by atoms with Crippen LogP contribution in [0.3, 0.4) is 0 Å². The lowest BCUT2D eigenvalue weighted by Gasteiger charge is -2.08. The molecule has 84 valence electrons. The van der Waals surface area contributed by atoms with Gasteiger partial charge in [-0.05, 0) is 22.9 Å². The van der Waals surface area contributed by atoms with Gasteiger partial charge >= 0.3 is 0 Å². The minimum atomic E-state index is -0.0351. The summed E-state index contributed by atoms with van der Waals surface area (Å²) in [5.41, 5.74) is 0. The zero-order valence-electron chi connectivity index (χ0n) is 8.88. The predicted molar refractivity (Wildman–Crippen MR) is 66.4 cm³/mol. The lowest BCUT2D eigenvalue weighted by atomic mass is 10.0. The van der Waals surface area contributed by atoms with Crippen molar-refractivity contribution in [3.05, 3.63) is 42.5 Å². The van der Waals surface area contributed by atoms with Crippen LogP contribution in [-0.4, -0.2) is 15.3 Å². The van der Waals surface area contributed by atoms with Crippen molar-refractivity contribution < 1.29 is 15.3 Å². The van der Waals surface area contributed by atoms with E-state index in [-0.39, 0.29) is 17.2 Å². The molecule has 0 amide bonds. The van der Waals surface area contributed by atoms with Crippen molar-refractivity contribution in [1.82, 2.24) is 0 Å². The van der Waals surface area contributed by atoms with E-state index in [0.29, 0.717) is 16.2 Å². The third kappa shape index (κ3) is 1.36. The zero-order chi connectivity index (χ0) is 12.0. The van der Waals surface area contributed by atoms with E-state index in [4.69, 9.17) is 0 Å². The van der Waals surface area contributed by atoms with Gasteiger partial charge in [0.25, 0.3) is 0 Å². The molecule has 0 aliphatic carbocycles. The molecule has 0 heterocycles. The van der Waals surface area contributed by atoms with Crippen molar-refractivity contribution in [1.29, 1.82) is 0 Å². The van der Waals surface area contributed by atoms with Crippen molar-refractivity contribution >= 4 is 21.5 Å². The molecule has 0 atom stereocenters. The molecule has 0 radical (unpaired) electrons. The second kappa shape index (κ2) is 3.28. The average Bonchev–Trinajstić information content (AvgIpc) is 2.28. The molecule has 17 heavy (non-hydrogen) atoms. The van der Waals surface area contributed by atoms with E-state index < -0.39 is 0 Å². The summed E-state index contributed by atoms with van der Waals surface area (Å²) >= 11 is 0. The maximum Gasteiger partial charge on any atom is 0.127 e. The van der Waals surface area contributed by atoms with Gasteiger partial charge in [0.05, 0.1) is 0 Å². The van der Waals surface area contributed by atoms with Crippen LogP contribution in [-0.2, 0) is 0 Å². The summed E-state index contributed by atoms with van der Waals surface area (Å²) in [4.78, 5) is 0. The van der Waals surface area contributed by atoms with Crippen LogP contribution in [0.15, 0.2) is 42.5 Å². The first kappa shape index (κ1) is 9.78. The number of phenolic OH excluding ortho intramolecular Hbond substituents is 3. The number of hydrogen-bond acceptors (Lipinski definition) is 3. The normalized spacial score (nSPS) is 11.1. The van der Waals surface area contributed by atoms with E-state index in [1.54, 1.807) is 24.3 Å². The maximum absolute atomic E-state index is 9.90. The monoisotopic (exact) mass is 226 g/mol. The number of hydrogen-bond donors (Lipinski definition) is 3. The molecular formula is C14H10O3. The summed E-state index contributed by atoms with van der Waals surface area (Å²) in [6, 6.07) is 11.7. The van der Waals surface area contributed by atoms with E-state index in [1.807, 2.05) is 12.1 Å². The molecule has 0 aromatic heterocycles. The minimum absolute atomic E-state index is 0.00442. The Morgan fingerprint density at radius 1 is 0.647 bits per heavy atom. The van der Waals surface area contributed by atoms with Crippen LogP contribution in [0.5, 0.6) is 17.2 Å². The molecule has 3 N–H and O–H groups in total. The topological polar surface area (TPSA) is 60.7 Å². The molecular weight excluding hydrogens is 216 g/mol. The van der Waals surface area contributed by atoms with Gasteiger partial charge in [-0.1, -0.05) is 24.3 Å². The first-order chi connectivity index (χ1) is 8.16. The van der Waals surface area contributed by atoms with Crippen LogP contribution in [0.2, 0.25) is 0 Å². The fourth-order valence-electron chi connectivity index (χ4n) is 2.19. The van der Waals surface area contributed by atoms with E-state index in [1.165, 1.54) is 6.07 Å². The molecule has 3 aromatic rings. The molecule has 0 spiro atoms. The minimum Gasteiger partial charge on any atom is -0.508 e. The van der Waals surface area contributed by atoms with Crippen molar-refractivity contribution in [3.8, 4) is 17.2 Å². The smallest absolute Gasteiger partial charge is 0.127 e. The highest BCUT2D eigenvalue weighted by atomic mass is 16.3. The Hall–Kier alpha value is -2.42. The van der Waals surface area contributed by atoms with Crippen LogP contribution in [0.4, 0.5) is 0 Å². The highest BCUT2D eigenvalue weighted by molar-refractivity contribution is 6.13. The highest BCUT2D eigenvalue weighted by Gasteiger charge is 2.09. The predicted octanol–water partition coefficient (Wildman–Crippen LogP) is 3.11. The number of benzene rings is 3. The van der Waals surface area contributed by atoms with Gasteiger partial charge in [0.15, 0.2) is 0 Å². The van der Waals surface area contributed by atoms with E-state index in [9.17, 15) is 15.3 Å². The Balaban J connectivity index is 2.63. The van der Waals surface area contributed by atoms with Gasteiger partial charge in [0.2, 0.25) is 0 Å². The van der Waals surface area contributed by atoms with Gasteiger partial charge < -0.3 is 15.3 Å². The van der Waals surface area contributed by atoms with Gasteiger partial charge in [-0.3, -0.25) is 0 Å². The third-order valence-corrected chi connectivity index (χ3v) is 2.90. The third-order valence-electron chi connectivity index (χ3n) is 2.90. The van der Waals surface area contributed by atoms with Gasteiger partial charge in [-0.2, -0.15) is 0 Å². The van der Waals surface area contributed by atoms with Crippen LogP contribution in [0.1, 0.15) is 0 Å². The quantitative estimate of drug-likeness (QED) is 0.516. The Bertz CT molecular complexity index is 732. The van der Waals surface area contributed by atoms with Gasteiger partial charge in [-0.15, -0.1) is 0 Å². The van der Waals surface area contributed by atoms with Crippen molar-refractivity contribution in [2.24, 2.45) is 0 Å². The average molecular weight is 226 g/mol. The first-order valence-electron chi connectivity index (χ1n) is 5.23. The second-order valence-electron chi connectivity index (χ2n) is 4.00. The summed E-state index contributed by atoms with van der Waals surface area (Å²) in [5, 5.41) is 31.9. The largest absolute Gasteiger partial charge is 0.508 e. The lowest BCUT2D eigenvalue weighted by molar-refractivity contribution is 0.455. The fraction of sp³-hybridized carbons (Fsp3) is 0. The summed E-state index contributed by atoms with van der Waals surface area (Å²) in [6.45, 7) is 0. The van der Waals surface area contributed by atoms with Crippen molar-refractivity contribution in [3.63, 3.8) is 0 Å². The van der Waals surface area contributed by atoms with Crippen LogP contribution in [0, 0.1) is 0 Å². The molecule has 0 saturated carbocycles.